The van der Waals surface area contributed by atoms with Crippen molar-refractivity contribution in [1.29, 1.82) is 0 Å². The average Bonchev–Trinajstić information content (AvgIpc) is 2.86. The highest BCUT2D eigenvalue weighted by atomic mass is 16.6. The van der Waals surface area contributed by atoms with E-state index in [1.165, 1.54) is 0 Å². The van der Waals surface area contributed by atoms with Crippen molar-refractivity contribution < 1.29 is 24.2 Å². The van der Waals surface area contributed by atoms with Gasteiger partial charge in [-0.25, -0.2) is 9.59 Å². The molecule has 6 heteroatoms. The molecule has 2 rings (SSSR count). The number of hydrogen-bond donors (Lipinski definition) is 2. The lowest BCUT2D eigenvalue weighted by molar-refractivity contribution is -0.163. The Balaban J connectivity index is 2.04. The maximum atomic E-state index is 11.8. The summed E-state index contributed by atoms with van der Waals surface area (Å²) in [5.41, 5.74) is 0.0432. The van der Waals surface area contributed by atoms with Crippen LogP contribution in [-0.4, -0.2) is 35.0 Å². The number of aliphatic carboxylic acids is 1. The lowest BCUT2D eigenvalue weighted by Gasteiger charge is -2.28. The minimum absolute atomic E-state index is 0.0476. The quantitative estimate of drug-likeness (QED) is 0.853. The highest BCUT2D eigenvalue weighted by Gasteiger charge is 2.48. The molecule has 1 heterocycles. The first kappa shape index (κ1) is 19.2. The molecule has 0 saturated carbocycles. The molecule has 2 unspecified atom stereocenters. The number of ether oxygens (including phenoxy) is 2. The van der Waals surface area contributed by atoms with Crippen molar-refractivity contribution >= 4 is 12.1 Å². The highest BCUT2D eigenvalue weighted by Crippen LogP contribution is 2.35. The first-order valence-corrected chi connectivity index (χ1v) is 8.54. The van der Waals surface area contributed by atoms with Crippen molar-refractivity contribution in [2.24, 2.45) is 5.92 Å². The van der Waals surface area contributed by atoms with E-state index in [1.54, 1.807) is 20.8 Å². The Labute approximate surface area is 148 Å². The highest BCUT2D eigenvalue weighted by molar-refractivity contribution is 5.78. The Kier molecular flexibility index (Phi) is 5.72. The van der Waals surface area contributed by atoms with Gasteiger partial charge in [-0.2, -0.15) is 0 Å². The van der Waals surface area contributed by atoms with Crippen LogP contribution in [-0.2, 0) is 27.2 Å². The van der Waals surface area contributed by atoms with Crippen molar-refractivity contribution in [3.8, 4) is 0 Å². The molecule has 0 aliphatic carbocycles. The third-order valence-corrected chi connectivity index (χ3v) is 4.36. The second-order valence-electron chi connectivity index (χ2n) is 7.58. The largest absolute Gasteiger partial charge is 0.479 e. The van der Waals surface area contributed by atoms with Gasteiger partial charge in [0.15, 0.2) is 5.60 Å². The van der Waals surface area contributed by atoms with E-state index in [0.717, 1.165) is 17.5 Å². The van der Waals surface area contributed by atoms with Crippen molar-refractivity contribution in [2.45, 2.75) is 58.3 Å². The van der Waals surface area contributed by atoms with Crippen LogP contribution in [0.25, 0.3) is 0 Å². The smallest absolute Gasteiger partial charge is 0.407 e. The predicted molar refractivity (Wildman–Crippen MR) is 93.3 cm³/mol. The zero-order chi connectivity index (χ0) is 18.7. The van der Waals surface area contributed by atoms with Crippen molar-refractivity contribution in [3.05, 3.63) is 35.4 Å². The van der Waals surface area contributed by atoms with E-state index >= 15 is 0 Å². The minimum atomic E-state index is -1.17. The van der Waals surface area contributed by atoms with Crippen molar-refractivity contribution in [1.82, 2.24) is 5.32 Å². The summed E-state index contributed by atoms with van der Waals surface area (Å²) in [4.78, 5) is 23.5. The molecule has 0 aromatic heterocycles. The van der Waals surface area contributed by atoms with Gasteiger partial charge < -0.3 is 19.9 Å². The second-order valence-corrected chi connectivity index (χ2v) is 7.58. The molecule has 1 aliphatic rings. The molecule has 6 nitrogen and oxygen atoms in total. The van der Waals surface area contributed by atoms with Gasteiger partial charge in [0.2, 0.25) is 0 Å². The summed E-state index contributed by atoms with van der Waals surface area (Å²) in [6.45, 7) is 8.12. The van der Waals surface area contributed by atoms with E-state index in [4.69, 9.17) is 9.47 Å². The Bertz CT molecular complexity index is 637. The number of hydrogen-bond acceptors (Lipinski definition) is 4. The van der Waals surface area contributed by atoms with Crippen LogP contribution < -0.4 is 5.32 Å². The summed E-state index contributed by atoms with van der Waals surface area (Å²) < 4.78 is 10.8. The van der Waals surface area contributed by atoms with Gasteiger partial charge in [-0.1, -0.05) is 31.2 Å². The van der Waals surface area contributed by atoms with E-state index in [2.05, 4.69) is 5.32 Å². The number of carbonyl (C=O) groups is 2. The number of amides is 1. The van der Waals surface area contributed by atoms with Crippen LogP contribution in [0.5, 0.6) is 0 Å². The molecular formula is C19H27NO5. The third kappa shape index (κ3) is 4.95. The summed E-state index contributed by atoms with van der Waals surface area (Å²) in [7, 11) is 0. The predicted octanol–water partition coefficient (Wildman–Crippen LogP) is 3.13. The minimum Gasteiger partial charge on any atom is -0.479 e. The first-order valence-electron chi connectivity index (χ1n) is 8.54. The number of alkyl carbamates (subject to hydrolysis) is 1. The fraction of sp³-hybridized carbons (Fsp3) is 0.579. The normalized spacial score (nSPS) is 23.3. The van der Waals surface area contributed by atoms with Crippen LogP contribution in [0.2, 0.25) is 0 Å². The second kappa shape index (κ2) is 7.44. The number of benzene rings is 1. The number of carbonyl (C=O) groups excluding carboxylic acids is 1. The van der Waals surface area contributed by atoms with E-state index in [1.807, 2.05) is 31.2 Å². The molecule has 1 aromatic rings. The molecule has 1 aliphatic heterocycles. The molecule has 25 heavy (non-hydrogen) atoms. The van der Waals surface area contributed by atoms with Gasteiger partial charge in [-0.15, -0.1) is 0 Å². The molecule has 1 aromatic carbocycles. The first-order chi connectivity index (χ1) is 11.6. The molecule has 1 fully saturated rings. The SMILES string of the molecule is CC1CCOC1(Cc1cccc(CNC(=O)OC(C)(C)C)c1)C(=O)O. The number of nitrogens with one attached hydrogen (secondary N) is 1. The lowest BCUT2D eigenvalue weighted by atomic mass is 9.83. The van der Waals surface area contributed by atoms with Crippen LogP contribution in [0.4, 0.5) is 4.79 Å². The zero-order valence-corrected chi connectivity index (χ0v) is 15.3. The average molecular weight is 349 g/mol. The van der Waals surface area contributed by atoms with E-state index in [9.17, 15) is 14.7 Å². The summed E-state index contributed by atoms with van der Waals surface area (Å²) >= 11 is 0. The van der Waals surface area contributed by atoms with Crippen molar-refractivity contribution in [2.75, 3.05) is 6.61 Å². The lowest BCUT2D eigenvalue weighted by Crippen LogP contribution is -2.45. The van der Waals surface area contributed by atoms with Gasteiger partial charge >= 0.3 is 12.1 Å². The number of rotatable bonds is 5. The molecule has 138 valence electrons. The monoisotopic (exact) mass is 349 g/mol. The van der Waals surface area contributed by atoms with Gasteiger partial charge in [0.1, 0.15) is 5.60 Å². The van der Waals surface area contributed by atoms with Crippen LogP contribution in [0.1, 0.15) is 45.2 Å². The Hall–Kier alpha value is -2.08. The van der Waals surface area contributed by atoms with Gasteiger partial charge in [-0.05, 0) is 44.2 Å². The number of carboxylic acid groups (broad SMARTS) is 1. The van der Waals surface area contributed by atoms with Crippen molar-refractivity contribution in [3.63, 3.8) is 0 Å². The standard InChI is InChI=1S/C19H27NO5/c1-13-8-9-24-19(13,16(21)22)11-14-6-5-7-15(10-14)12-20-17(23)25-18(2,3)4/h5-7,10,13H,8-9,11-12H2,1-4H3,(H,20,23)(H,21,22). The van der Waals surface area contributed by atoms with Crippen LogP contribution in [0, 0.1) is 5.92 Å². The maximum absolute atomic E-state index is 11.8. The molecule has 0 spiro atoms. The third-order valence-electron chi connectivity index (χ3n) is 4.36. The molecule has 0 radical (unpaired) electrons. The van der Waals surface area contributed by atoms with Crippen LogP contribution in [0.15, 0.2) is 24.3 Å². The van der Waals surface area contributed by atoms with E-state index in [-0.39, 0.29) is 5.92 Å². The van der Waals surface area contributed by atoms with Gasteiger partial charge in [0.05, 0.1) is 0 Å². The molecular weight excluding hydrogens is 322 g/mol. The molecule has 1 amide bonds. The zero-order valence-electron chi connectivity index (χ0n) is 15.3. The van der Waals surface area contributed by atoms with Gasteiger partial charge in [0, 0.05) is 19.6 Å². The molecule has 0 bridgehead atoms. The fourth-order valence-electron chi connectivity index (χ4n) is 3.01. The molecule has 2 N–H and O–H groups in total. The Morgan fingerprint density at radius 3 is 2.60 bits per heavy atom. The van der Waals surface area contributed by atoms with Crippen LogP contribution in [0.3, 0.4) is 0 Å². The Morgan fingerprint density at radius 1 is 1.36 bits per heavy atom. The molecule has 2 atom stereocenters. The van der Waals surface area contributed by atoms with Crippen LogP contribution >= 0.6 is 0 Å². The topological polar surface area (TPSA) is 84.9 Å². The maximum Gasteiger partial charge on any atom is 0.407 e. The summed E-state index contributed by atoms with van der Waals surface area (Å²) in [5.74, 6) is -0.969. The van der Waals surface area contributed by atoms with E-state index in [0.29, 0.717) is 19.6 Å². The number of carboxylic acids is 1. The van der Waals surface area contributed by atoms with Gasteiger partial charge in [0.25, 0.3) is 0 Å². The summed E-state index contributed by atoms with van der Waals surface area (Å²) in [6, 6.07) is 7.52. The van der Waals surface area contributed by atoms with Gasteiger partial charge in [-0.3, -0.25) is 0 Å². The van der Waals surface area contributed by atoms with E-state index < -0.39 is 23.3 Å². The summed E-state index contributed by atoms with van der Waals surface area (Å²) in [6.07, 6.45) is 0.573. The fourth-order valence-corrected chi connectivity index (χ4v) is 3.01. The summed E-state index contributed by atoms with van der Waals surface area (Å²) in [5, 5.41) is 12.4. The molecule has 1 saturated heterocycles. The Morgan fingerprint density at radius 2 is 2.04 bits per heavy atom.